The Morgan fingerprint density at radius 1 is 0.685 bits per heavy atom. The molecule has 0 bridgehead atoms. The van der Waals surface area contributed by atoms with Crippen molar-refractivity contribution in [2.45, 2.75) is 32.4 Å². The normalized spacial score (nSPS) is 12.5. The van der Waals surface area contributed by atoms with Crippen LogP contribution in [0.2, 0.25) is 0 Å². The summed E-state index contributed by atoms with van der Waals surface area (Å²) in [6, 6.07) is 46.1. The van der Waals surface area contributed by atoms with Crippen LogP contribution in [0.3, 0.4) is 0 Å². The second-order valence-electron chi connectivity index (χ2n) is 14.3. The molecule has 1 amide bonds. The van der Waals surface area contributed by atoms with E-state index in [-0.39, 0.29) is 17.1 Å². The van der Waals surface area contributed by atoms with Crippen molar-refractivity contribution >= 4 is 33.8 Å². The summed E-state index contributed by atoms with van der Waals surface area (Å²) in [5.41, 5.74) is 2.61. The number of nitrogens with zero attached hydrogens (tertiary/aromatic N) is 5. The highest BCUT2D eigenvalue weighted by molar-refractivity contribution is 5.99. The molecule has 1 N–H and O–H groups in total. The molecule has 0 spiro atoms. The van der Waals surface area contributed by atoms with E-state index in [2.05, 4.69) is 41.4 Å². The first-order valence-electron chi connectivity index (χ1n) is 17.7. The zero-order valence-corrected chi connectivity index (χ0v) is 30.0. The second kappa shape index (κ2) is 13.6. The summed E-state index contributed by atoms with van der Waals surface area (Å²) in [5.74, 6) is 0.266. The predicted molar refractivity (Wildman–Crippen MR) is 211 cm³/mol. The average Bonchev–Trinajstić information content (AvgIpc) is 3.63. The van der Waals surface area contributed by atoms with Crippen molar-refractivity contribution < 1.29 is 14.3 Å². The van der Waals surface area contributed by atoms with Gasteiger partial charge < -0.3 is 9.52 Å². The Bertz CT molecular complexity index is 2560. The number of fused-ring (bicyclic) bond motifs is 2. The maximum Gasteiger partial charge on any atom is 0.413 e. The Morgan fingerprint density at radius 2 is 1.19 bits per heavy atom. The van der Waals surface area contributed by atoms with Gasteiger partial charge in [-0.2, -0.15) is 0 Å². The number of amides is 1. The Kier molecular flexibility index (Phi) is 8.62. The van der Waals surface area contributed by atoms with Gasteiger partial charge in [0, 0.05) is 10.9 Å². The van der Waals surface area contributed by atoms with Gasteiger partial charge in [0.2, 0.25) is 0 Å². The average molecular weight is 712 g/mol. The third kappa shape index (κ3) is 5.61. The van der Waals surface area contributed by atoms with Crippen molar-refractivity contribution in [3.05, 3.63) is 191 Å². The van der Waals surface area contributed by atoms with Crippen LogP contribution >= 0.6 is 0 Å². The quantitative estimate of drug-likeness (QED) is 0.156. The minimum atomic E-state index is -1.29. The molecule has 3 aromatic heterocycles. The van der Waals surface area contributed by atoms with Crippen LogP contribution in [0.1, 0.15) is 49.3 Å². The lowest BCUT2D eigenvalue weighted by molar-refractivity contribution is 0.183. The maximum atomic E-state index is 13.8. The van der Waals surface area contributed by atoms with Gasteiger partial charge in [-0.1, -0.05) is 160 Å². The molecule has 5 aromatic carbocycles. The van der Waals surface area contributed by atoms with Crippen molar-refractivity contribution in [1.29, 1.82) is 0 Å². The van der Waals surface area contributed by atoms with Gasteiger partial charge in [-0.05, 0) is 33.7 Å². The summed E-state index contributed by atoms with van der Waals surface area (Å²) >= 11 is 0. The zero-order valence-electron chi connectivity index (χ0n) is 30.0. The number of anilines is 1. The van der Waals surface area contributed by atoms with Crippen molar-refractivity contribution in [2.75, 3.05) is 4.90 Å². The number of hydrogen-bond acceptors (Lipinski definition) is 6. The monoisotopic (exact) mass is 711 g/mol. The Hall–Kier alpha value is -6.87. The van der Waals surface area contributed by atoms with Crippen LogP contribution in [0, 0.1) is 5.41 Å². The van der Waals surface area contributed by atoms with Crippen LogP contribution < -0.4 is 10.5 Å². The minimum absolute atomic E-state index is 0.0593. The molecule has 0 aliphatic carbocycles. The van der Waals surface area contributed by atoms with Crippen LogP contribution in [-0.4, -0.2) is 30.7 Å². The van der Waals surface area contributed by atoms with E-state index in [9.17, 15) is 14.7 Å². The van der Waals surface area contributed by atoms with E-state index in [1.54, 1.807) is 18.5 Å². The SMILES string of the molecule is CC(C)(C)C(c1oc(=O)c2ccccc2c1-c1ccccc1)N(C(=O)O)c1ncnc2c1ncn2C(c1ccccc1)(c1ccccc1)c1ccccc1. The molecule has 0 saturated heterocycles. The maximum absolute atomic E-state index is 13.8. The summed E-state index contributed by atoms with van der Waals surface area (Å²) in [5, 5.41) is 12.3. The first kappa shape index (κ1) is 34.2. The second-order valence-corrected chi connectivity index (χ2v) is 14.3. The highest BCUT2D eigenvalue weighted by Gasteiger charge is 2.44. The first-order chi connectivity index (χ1) is 26.2. The summed E-state index contributed by atoms with van der Waals surface area (Å²) in [4.78, 5) is 43.0. The molecule has 1 atom stereocenters. The molecule has 0 aliphatic rings. The number of imidazole rings is 1. The van der Waals surface area contributed by atoms with E-state index in [0.717, 1.165) is 22.3 Å². The molecular weight excluding hydrogens is 675 g/mol. The lowest BCUT2D eigenvalue weighted by atomic mass is 9.76. The van der Waals surface area contributed by atoms with E-state index in [4.69, 9.17) is 14.4 Å². The molecule has 8 aromatic rings. The molecule has 9 nitrogen and oxygen atoms in total. The lowest BCUT2D eigenvalue weighted by Crippen LogP contribution is -2.42. The fraction of sp³-hybridized carbons (Fsp3) is 0.133. The third-order valence-corrected chi connectivity index (χ3v) is 9.94. The van der Waals surface area contributed by atoms with Crippen molar-refractivity contribution in [2.24, 2.45) is 5.41 Å². The van der Waals surface area contributed by atoms with Gasteiger partial charge in [-0.25, -0.2) is 29.4 Å². The molecule has 1 unspecified atom stereocenters. The van der Waals surface area contributed by atoms with Gasteiger partial charge >= 0.3 is 11.7 Å². The molecule has 9 heteroatoms. The number of benzene rings is 5. The number of carbonyl (C=O) groups is 1. The zero-order chi connectivity index (χ0) is 37.5. The molecule has 0 aliphatic heterocycles. The van der Waals surface area contributed by atoms with Gasteiger partial charge in [0.15, 0.2) is 17.0 Å². The molecular formula is C45H37N5O4. The highest BCUT2D eigenvalue weighted by atomic mass is 16.4. The van der Waals surface area contributed by atoms with Gasteiger partial charge in [-0.15, -0.1) is 0 Å². The summed E-state index contributed by atoms with van der Waals surface area (Å²) < 4.78 is 8.22. The number of aromatic nitrogens is 4. The standard InChI is InChI=1S/C45H37N5O4/c1-44(2,3)39(38-36(30-18-8-4-9-19-30)34-26-16-17-27-35(34)42(51)54-38)50(43(52)53)41-37-40(46-28-47-41)49(29-48-37)45(31-20-10-5-11-21-31,32-22-12-6-13-23-32)33-24-14-7-15-25-33/h4-29,39H,1-3H3,(H,52,53). The van der Waals surface area contributed by atoms with Crippen LogP contribution in [0.5, 0.6) is 0 Å². The summed E-state index contributed by atoms with van der Waals surface area (Å²) in [7, 11) is 0. The van der Waals surface area contributed by atoms with E-state index < -0.39 is 28.7 Å². The van der Waals surface area contributed by atoms with E-state index >= 15 is 0 Å². The van der Waals surface area contributed by atoms with Gasteiger partial charge in [0.05, 0.1) is 11.7 Å². The van der Waals surface area contributed by atoms with E-state index in [1.807, 2.05) is 122 Å². The predicted octanol–water partition coefficient (Wildman–Crippen LogP) is 9.71. The Balaban J connectivity index is 1.43. The number of rotatable bonds is 8. The van der Waals surface area contributed by atoms with Crippen molar-refractivity contribution in [1.82, 2.24) is 19.5 Å². The van der Waals surface area contributed by atoms with E-state index in [0.29, 0.717) is 22.0 Å². The smallest absolute Gasteiger partial charge is 0.413 e. The van der Waals surface area contributed by atoms with Crippen molar-refractivity contribution in [3.63, 3.8) is 0 Å². The van der Waals surface area contributed by atoms with Crippen LogP contribution in [-0.2, 0) is 5.54 Å². The summed E-state index contributed by atoms with van der Waals surface area (Å²) in [6.07, 6.45) is 1.78. The lowest BCUT2D eigenvalue weighted by Gasteiger charge is -2.38. The fourth-order valence-corrected chi connectivity index (χ4v) is 7.73. The van der Waals surface area contributed by atoms with E-state index in [1.165, 1.54) is 11.2 Å². The third-order valence-electron chi connectivity index (χ3n) is 9.94. The number of hydrogen-bond donors (Lipinski definition) is 1. The summed E-state index contributed by atoms with van der Waals surface area (Å²) in [6.45, 7) is 5.75. The first-order valence-corrected chi connectivity index (χ1v) is 17.7. The Labute approximate surface area is 311 Å². The molecule has 3 heterocycles. The fourth-order valence-electron chi connectivity index (χ4n) is 7.73. The van der Waals surface area contributed by atoms with Crippen LogP contribution in [0.4, 0.5) is 10.6 Å². The topological polar surface area (TPSA) is 114 Å². The number of carboxylic acid groups (broad SMARTS) is 1. The molecule has 266 valence electrons. The molecule has 54 heavy (non-hydrogen) atoms. The van der Waals surface area contributed by atoms with Crippen LogP contribution in [0.15, 0.2) is 167 Å². The van der Waals surface area contributed by atoms with Crippen LogP contribution in [0.25, 0.3) is 33.1 Å². The highest BCUT2D eigenvalue weighted by Crippen LogP contribution is 2.47. The molecule has 8 rings (SSSR count). The Morgan fingerprint density at radius 3 is 1.70 bits per heavy atom. The molecule has 0 radical (unpaired) electrons. The van der Waals surface area contributed by atoms with Gasteiger partial charge in [-0.3, -0.25) is 4.57 Å². The largest absolute Gasteiger partial charge is 0.465 e. The molecule has 0 saturated carbocycles. The minimum Gasteiger partial charge on any atom is -0.465 e. The van der Waals surface area contributed by atoms with Gasteiger partial charge in [0.25, 0.3) is 0 Å². The molecule has 0 fully saturated rings. The van der Waals surface area contributed by atoms with Gasteiger partial charge in [0.1, 0.15) is 23.7 Å². The van der Waals surface area contributed by atoms with Crippen molar-refractivity contribution in [3.8, 4) is 11.1 Å².